The fourth-order valence-electron chi connectivity index (χ4n) is 4.10. The van der Waals surface area contributed by atoms with Gasteiger partial charge in [-0.25, -0.2) is 8.42 Å². The highest BCUT2D eigenvalue weighted by Crippen LogP contribution is 2.30. The van der Waals surface area contributed by atoms with E-state index in [1.54, 1.807) is 6.92 Å². The van der Waals surface area contributed by atoms with E-state index < -0.39 is 28.5 Å². The van der Waals surface area contributed by atoms with E-state index in [1.165, 1.54) is 30.2 Å². The van der Waals surface area contributed by atoms with Crippen LogP contribution in [-0.2, 0) is 32.6 Å². The third kappa shape index (κ3) is 8.45. The van der Waals surface area contributed by atoms with Crippen molar-refractivity contribution in [1.29, 1.82) is 0 Å². The van der Waals surface area contributed by atoms with Crippen LogP contribution in [0.25, 0.3) is 0 Å². The van der Waals surface area contributed by atoms with Gasteiger partial charge in [0.25, 0.3) is 0 Å². The van der Waals surface area contributed by atoms with Gasteiger partial charge in [0.05, 0.1) is 24.1 Å². The van der Waals surface area contributed by atoms with E-state index >= 15 is 0 Å². The van der Waals surface area contributed by atoms with Crippen LogP contribution in [0.1, 0.15) is 18.1 Å². The maximum absolute atomic E-state index is 14.0. The standard InChI is InChI=1S/C28H31BrClN3O5S/c1-4-31-28(35)25(16-20-9-6-5-7-10-20)32(18-21-11-8-12-22(29)15-21)27(34)19-33(39(3,36)37)23-13-14-26(38-2)24(30)17-23/h5-15,17,25H,4,16,18-19H2,1-3H3,(H,31,35)/t25-/m0/s1. The molecule has 0 unspecified atom stereocenters. The summed E-state index contributed by atoms with van der Waals surface area (Å²) in [6.07, 6.45) is 1.27. The Kier molecular flexibility index (Phi) is 10.8. The van der Waals surface area contributed by atoms with Crippen LogP contribution >= 0.6 is 27.5 Å². The highest BCUT2D eigenvalue weighted by molar-refractivity contribution is 9.10. The van der Waals surface area contributed by atoms with E-state index in [4.69, 9.17) is 16.3 Å². The normalized spacial score (nSPS) is 11.9. The molecule has 0 fully saturated rings. The number of rotatable bonds is 12. The second-order valence-corrected chi connectivity index (χ2v) is 12.1. The Bertz CT molecular complexity index is 1410. The van der Waals surface area contributed by atoms with Crippen LogP contribution in [0.15, 0.2) is 77.3 Å². The number of methoxy groups -OCH3 is 1. The number of benzene rings is 3. The minimum absolute atomic E-state index is 0.0911. The van der Waals surface area contributed by atoms with E-state index in [0.29, 0.717) is 12.3 Å². The summed E-state index contributed by atoms with van der Waals surface area (Å²) in [6.45, 7) is 1.74. The van der Waals surface area contributed by atoms with Gasteiger partial charge < -0.3 is 15.0 Å². The SMILES string of the molecule is CCNC(=O)[C@H](Cc1ccccc1)N(Cc1cccc(Br)c1)C(=O)CN(c1ccc(OC)c(Cl)c1)S(C)(=O)=O. The van der Waals surface area contributed by atoms with Gasteiger partial charge in [0.1, 0.15) is 18.3 Å². The molecular weight excluding hydrogens is 606 g/mol. The lowest BCUT2D eigenvalue weighted by atomic mass is 10.0. The van der Waals surface area contributed by atoms with Crippen LogP contribution in [0, 0.1) is 0 Å². The van der Waals surface area contributed by atoms with E-state index in [-0.39, 0.29) is 29.6 Å². The molecule has 0 saturated heterocycles. The number of nitrogens with one attached hydrogen (secondary N) is 1. The summed E-state index contributed by atoms with van der Waals surface area (Å²) in [5, 5.41) is 3.03. The molecule has 0 aromatic heterocycles. The number of ether oxygens (including phenoxy) is 1. The van der Waals surface area contributed by atoms with Crippen LogP contribution in [0.3, 0.4) is 0 Å². The third-order valence-corrected chi connectivity index (χ3v) is 7.90. The second kappa shape index (κ2) is 13.8. The number of hydrogen-bond donors (Lipinski definition) is 1. The number of amides is 2. The lowest BCUT2D eigenvalue weighted by molar-refractivity contribution is -0.140. The number of hydrogen-bond acceptors (Lipinski definition) is 5. The molecule has 2 amide bonds. The lowest BCUT2D eigenvalue weighted by Crippen LogP contribution is -2.53. The quantitative estimate of drug-likeness (QED) is 0.312. The number of sulfonamides is 1. The van der Waals surface area contributed by atoms with Crippen LogP contribution in [0.4, 0.5) is 5.69 Å². The van der Waals surface area contributed by atoms with Crippen molar-refractivity contribution in [2.24, 2.45) is 0 Å². The molecule has 208 valence electrons. The third-order valence-electron chi connectivity index (χ3n) is 5.97. The first kappa shape index (κ1) is 30.5. The summed E-state index contributed by atoms with van der Waals surface area (Å²) in [5.41, 5.74) is 1.85. The predicted octanol–water partition coefficient (Wildman–Crippen LogP) is 4.65. The smallest absolute Gasteiger partial charge is 0.244 e. The van der Waals surface area contributed by atoms with Crippen molar-refractivity contribution in [2.45, 2.75) is 25.9 Å². The Morgan fingerprint density at radius 1 is 1.03 bits per heavy atom. The van der Waals surface area contributed by atoms with Gasteiger partial charge in [0, 0.05) is 24.0 Å². The van der Waals surface area contributed by atoms with Crippen molar-refractivity contribution in [3.63, 3.8) is 0 Å². The minimum atomic E-state index is -3.90. The van der Waals surface area contributed by atoms with E-state index in [1.807, 2.05) is 54.6 Å². The van der Waals surface area contributed by atoms with Crippen molar-refractivity contribution in [2.75, 3.05) is 30.8 Å². The zero-order valence-electron chi connectivity index (χ0n) is 21.9. The summed E-state index contributed by atoms with van der Waals surface area (Å²) in [4.78, 5) is 28.8. The Labute approximate surface area is 243 Å². The molecule has 0 radical (unpaired) electrons. The molecule has 3 aromatic rings. The Balaban J connectivity index is 2.05. The molecule has 39 heavy (non-hydrogen) atoms. The van der Waals surface area contributed by atoms with Gasteiger partial charge >= 0.3 is 0 Å². The average Bonchev–Trinajstić information content (AvgIpc) is 2.89. The summed E-state index contributed by atoms with van der Waals surface area (Å²) in [5.74, 6) is -0.502. The molecule has 0 spiro atoms. The molecule has 1 atom stereocenters. The summed E-state index contributed by atoms with van der Waals surface area (Å²) in [6, 6.07) is 20.4. The first-order valence-corrected chi connectivity index (χ1v) is 15.2. The topological polar surface area (TPSA) is 96.0 Å². The maximum Gasteiger partial charge on any atom is 0.244 e. The number of nitrogens with zero attached hydrogens (tertiary/aromatic N) is 2. The fourth-order valence-corrected chi connectivity index (χ4v) is 5.64. The number of likely N-dealkylation sites (N-methyl/N-ethyl adjacent to an activating group) is 1. The number of halogens is 2. The summed E-state index contributed by atoms with van der Waals surface area (Å²) >= 11 is 9.72. The second-order valence-electron chi connectivity index (χ2n) is 8.84. The monoisotopic (exact) mass is 635 g/mol. The Morgan fingerprint density at radius 3 is 2.31 bits per heavy atom. The van der Waals surface area contributed by atoms with E-state index in [9.17, 15) is 18.0 Å². The molecule has 11 heteroatoms. The van der Waals surface area contributed by atoms with Crippen molar-refractivity contribution in [3.8, 4) is 5.75 Å². The van der Waals surface area contributed by atoms with Crippen molar-refractivity contribution in [3.05, 3.63) is 93.4 Å². The van der Waals surface area contributed by atoms with E-state index in [0.717, 1.165) is 26.2 Å². The van der Waals surface area contributed by atoms with Gasteiger partial charge in [-0.05, 0) is 48.4 Å². The van der Waals surface area contributed by atoms with Crippen LogP contribution in [0.2, 0.25) is 5.02 Å². The van der Waals surface area contributed by atoms with Gasteiger partial charge in [-0.1, -0.05) is 70.0 Å². The molecule has 0 bridgehead atoms. The largest absolute Gasteiger partial charge is 0.495 e. The number of carbonyl (C=O) groups excluding carboxylic acids is 2. The van der Waals surface area contributed by atoms with Crippen molar-refractivity contribution in [1.82, 2.24) is 10.2 Å². The molecule has 1 N–H and O–H groups in total. The van der Waals surface area contributed by atoms with Gasteiger partial charge in [0.2, 0.25) is 21.8 Å². The molecule has 0 heterocycles. The van der Waals surface area contributed by atoms with E-state index in [2.05, 4.69) is 21.2 Å². The molecule has 3 aromatic carbocycles. The lowest BCUT2D eigenvalue weighted by Gasteiger charge is -2.33. The highest BCUT2D eigenvalue weighted by atomic mass is 79.9. The summed E-state index contributed by atoms with van der Waals surface area (Å²) < 4.78 is 32.7. The Morgan fingerprint density at radius 2 is 1.72 bits per heavy atom. The van der Waals surface area contributed by atoms with Crippen LogP contribution in [-0.4, -0.2) is 57.6 Å². The highest BCUT2D eigenvalue weighted by Gasteiger charge is 2.33. The first-order chi connectivity index (χ1) is 18.5. The van der Waals surface area contributed by atoms with Gasteiger partial charge in [-0.2, -0.15) is 0 Å². The average molecular weight is 637 g/mol. The molecular formula is C28H31BrClN3O5S. The first-order valence-electron chi connectivity index (χ1n) is 12.2. The van der Waals surface area contributed by atoms with Gasteiger partial charge in [-0.15, -0.1) is 0 Å². The molecule has 0 saturated carbocycles. The van der Waals surface area contributed by atoms with Gasteiger partial charge in [-0.3, -0.25) is 13.9 Å². The Hall–Kier alpha value is -3.08. The number of anilines is 1. The van der Waals surface area contributed by atoms with Crippen molar-refractivity contribution >= 4 is 55.1 Å². The van der Waals surface area contributed by atoms with Gasteiger partial charge in [0.15, 0.2) is 0 Å². The summed E-state index contributed by atoms with van der Waals surface area (Å²) in [7, 11) is -2.45. The zero-order valence-corrected chi connectivity index (χ0v) is 25.1. The predicted molar refractivity (Wildman–Crippen MR) is 158 cm³/mol. The molecule has 0 aliphatic carbocycles. The zero-order chi connectivity index (χ0) is 28.6. The maximum atomic E-state index is 14.0. The van der Waals surface area contributed by atoms with Crippen molar-refractivity contribution < 1.29 is 22.7 Å². The number of carbonyl (C=O) groups is 2. The minimum Gasteiger partial charge on any atom is -0.495 e. The molecule has 0 aliphatic heterocycles. The van der Waals surface area contributed by atoms with Crippen LogP contribution < -0.4 is 14.4 Å². The fraction of sp³-hybridized carbons (Fsp3) is 0.286. The molecule has 0 aliphatic rings. The van der Waals surface area contributed by atoms with Crippen LogP contribution in [0.5, 0.6) is 5.75 Å². The molecule has 3 rings (SSSR count). The molecule has 8 nitrogen and oxygen atoms in total.